The van der Waals surface area contributed by atoms with E-state index in [1.807, 2.05) is 79.0 Å². The summed E-state index contributed by atoms with van der Waals surface area (Å²) in [6.45, 7) is -0.349. The van der Waals surface area contributed by atoms with Crippen LogP contribution in [-0.4, -0.2) is 40.3 Å². The molecule has 1 aliphatic rings. The van der Waals surface area contributed by atoms with Gasteiger partial charge >= 0.3 is 6.03 Å². The molecule has 1 aromatic heterocycles. The van der Waals surface area contributed by atoms with E-state index in [2.05, 4.69) is 15.6 Å². The number of nitrogens with zero attached hydrogens (tertiary/aromatic N) is 1. The van der Waals surface area contributed by atoms with Crippen molar-refractivity contribution in [3.63, 3.8) is 0 Å². The van der Waals surface area contributed by atoms with Crippen molar-refractivity contribution >= 4 is 34.4 Å². The molecule has 164 valence electrons. The van der Waals surface area contributed by atoms with Crippen LogP contribution in [0.2, 0.25) is 0 Å². The molecule has 0 saturated carbocycles. The highest BCUT2D eigenvalue weighted by molar-refractivity contribution is 6.08. The Morgan fingerprint density at radius 1 is 0.909 bits per heavy atom. The van der Waals surface area contributed by atoms with Crippen molar-refractivity contribution in [2.45, 2.75) is 12.5 Å². The molecule has 0 aliphatic carbocycles. The first-order valence-corrected chi connectivity index (χ1v) is 10.7. The van der Waals surface area contributed by atoms with Crippen molar-refractivity contribution in [3.8, 4) is 11.1 Å². The molecule has 4 aromatic rings. The molecule has 2 heterocycles. The maximum atomic E-state index is 12.9. The SMILES string of the molecule is O=C(CN1C(=O)NC(Cc2c[nH]c3ccccc23)C1=O)Nc1ccccc1-c1ccccc1. The summed E-state index contributed by atoms with van der Waals surface area (Å²) in [7, 11) is 0. The fourth-order valence-electron chi connectivity index (χ4n) is 4.18. The molecule has 1 saturated heterocycles. The van der Waals surface area contributed by atoms with Crippen molar-refractivity contribution in [2.24, 2.45) is 0 Å². The average molecular weight is 438 g/mol. The Kier molecular flexibility index (Phi) is 5.36. The van der Waals surface area contributed by atoms with Gasteiger partial charge in [-0.05, 0) is 23.3 Å². The van der Waals surface area contributed by atoms with Gasteiger partial charge in [0.05, 0.1) is 0 Å². The lowest BCUT2D eigenvalue weighted by Gasteiger charge is -2.15. The van der Waals surface area contributed by atoms with Gasteiger partial charge in [-0.25, -0.2) is 4.79 Å². The van der Waals surface area contributed by atoms with E-state index in [4.69, 9.17) is 0 Å². The number of hydrogen-bond acceptors (Lipinski definition) is 3. The van der Waals surface area contributed by atoms with Gasteiger partial charge in [0.1, 0.15) is 12.6 Å². The number of H-pyrrole nitrogens is 1. The van der Waals surface area contributed by atoms with Crippen LogP contribution in [0.15, 0.2) is 85.1 Å². The predicted octanol–water partition coefficient (Wildman–Crippen LogP) is 3.94. The number of hydrogen-bond donors (Lipinski definition) is 3. The topological polar surface area (TPSA) is 94.3 Å². The number of carbonyl (C=O) groups is 3. The van der Waals surface area contributed by atoms with Crippen LogP contribution in [0.5, 0.6) is 0 Å². The van der Waals surface area contributed by atoms with Gasteiger partial charge in [-0.3, -0.25) is 14.5 Å². The van der Waals surface area contributed by atoms with Crippen molar-refractivity contribution < 1.29 is 14.4 Å². The quantitative estimate of drug-likeness (QED) is 0.398. The van der Waals surface area contributed by atoms with Gasteiger partial charge in [-0.1, -0.05) is 66.7 Å². The number of anilines is 1. The molecule has 1 aliphatic heterocycles. The first-order chi connectivity index (χ1) is 16.1. The maximum Gasteiger partial charge on any atom is 0.325 e. The normalized spacial score (nSPS) is 15.6. The lowest BCUT2D eigenvalue weighted by molar-refractivity contribution is -0.130. The third-order valence-corrected chi connectivity index (χ3v) is 5.79. The molecule has 5 rings (SSSR count). The van der Waals surface area contributed by atoms with Crippen LogP contribution in [0, 0.1) is 0 Å². The van der Waals surface area contributed by atoms with Crippen LogP contribution in [0.25, 0.3) is 22.0 Å². The number of para-hydroxylation sites is 2. The number of benzene rings is 3. The minimum Gasteiger partial charge on any atom is -0.361 e. The van der Waals surface area contributed by atoms with Crippen molar-refractivity contribution in [3.05, 3.63) is 90.6 Å². The molecule has 3 aromatic carbocycles. The van der Waals surface area contributed by atoms with Crippen molar-refractivity contribution in [2.75, 3.05) is 11.9 Å². The zero-order chi connectivity index (χ0) is 22.8. The fourth-order valence-corrected chi connectivity index (χ4v) is 4.18. The number of aromatic nitrogens is 1. The van der Waals surface area contributed by atoms with E-state index in [1.165, 1.54) is 0 Å². The molecule has 4 amide bonds. The summed E-state index contributed by atoms with van der Waals surface area (Å²) in [6.07, 6.45) is 2.20. The third kappa shape index (κ3) is 4.08. The second kappa shape index (κ2) is 8.63. The number of aromatic amines is 1. The standard InChI is InChI=1S/C26H22N4O3/c31-24(28-22-13-7-5-10-19(22)17-8-2-1-3-9-17)16-30-25(32)23(29-26(30)33)14-18-15-27-21-12-6-4-11-20(18)21/h1-13,15,23,27H,14,16H2,(H,28,31)(H,29,33). The molecule has 1 atom stereocenters. The van der Waals surface area contributed by atoms with Gasteiger partial charge in [0.2, 0.25) is 5.91 Å². The number of imide groups is 1. The number of urea groups is 1. The Hall–Kier alpha value is -4.39. The van der Waals surface area contributed by atoms with Crippen LogP contribution in [0.3, 0.4) is 0 Å². The summed E-state index contributed by atoms with van der Waals surface area (Å²) in [5.74, 6) is -0.841. The molecule has 7 heteroatoms. The monoisotopic (exact) mass is 438 g/mol. The van der Waals surface area contributed by atoms with Gasteiger partial charge in [-0.2, -0.15) is 0 Å². The Labute approximate surface area is 190 Å². The third-order valence-electron chi connectivity index (χ3n) is 5.79. The minimum absolute atomic E-state index is 0.349. The summed E-state index contributed by atoms with van der Waals surface area (Å²) in [4.78, 5) is 42.3. The molecule has 7 nitrogen and oxygen atoms in total. The van der Waals surface area contributed by atoms with E-state index in [-0.39, 0.29) is 6.54 Å². The zero-order valence-electron chi connectivity index (χ0n) is 17.7. The molecular formula is C26H22N4O3. The summed E-state index contributed by atoms with van der Waals surface area (Å²) < 4.78 is 0. The number of amides is 4. The number of rotatable bonds is 6. The van der Waals surface area contributed by atoms with Crippen LogP contribution in [-0.2, 0) is 16.0 Å². The highest BCUT2D eigenvalue weighted by Gasteiger charge is 2.39. The predicted molar refractivity (Wildman–Crippen MR) is 127 cm³/mol. The van der Waals surface area contributed by atoms with Crippen LogP contribution in [0.4, 0.5) is 10.5 Å². The summed E-state index contributed by atoms with van der Waals surface area (Å²) >= 11 is 0. The summed E-state index contributed by atoms with van der Waals surface area (Å²) in [6, 6.07) is 23.6. The summed E-state index contributed by atoms with van der Waals surface area (Å²) in [5.41, 5.74) is 4.35. The number of fused-ring (bicyclic) bond motifs is 1. The second-order valence-corrected chi connectivity index (χ2v) is 7.95. The molecule has 1 unspecified atom stereocenters. The Bertz CT molecular complexity index is 1350. The van der Waals surface area contributed by atoms with E-state index in [0.717, 1.165) is 32.5 Å². The molecule has 3 N–H and O–H groups in total. The molecule has 0 spiro atoms. The minimum atomic E-state index is -0.707. The molecule has 0 radical (unpaired) electrons. The van der Waals surface area contributed by atoms with Crippen molar-refractivity contribution in [1.29, 1.82) is 0 Å². The first-order valence-electron chi connectivity index (χ1n) is 10.7. The van der Waals surface area contributed by atoms with Gasteiger partial charge in [0, 0.05) is 34.8 Å². The average Bonchev–Trinajstić information content (AvgIpc) is 3.36. The summed E-state index contributed by atoms with van der Waals surface area (Å²) in [5, 5.41) is 6.56. The van der Waals surface area contributed by atoms with Crippen LogP contribution >= 0.6 is 0 Å². The van der Waals surface area contributed by atoms with Crippen LogP contribution in [0.1, 0.15) is 5.56 Å². The first kappa shape index (κ1) is 20.5. The van der Waals surface area contributed by atoms with Gasteiger partial charge < -0.3 is 15.6 Å². The largest absolute Gasteiger partial charge is 0.361 e. The Morgan fingerprint density at radius 2 is 1.64 bits per heavy atom. The van der Waals surface area contributed by atoms with E-state index in [1.54, 1.807) is 6.07 Å². The van der Waals surface area contributed by atoms with Crippen molar-refractivity contribution in [1.82, 2.24) is 15.2 Å². The van der Waals surface area contributed by atoms with Gasteiger partial charge in [0.25, 0.3) is 5.91 Å². The number of nitrogens with one attached hydrogen (secondary N) is 3. The van der Waals surface area contributed by atoms with E-state index >= 15 is 0 Å². The Balaban J connectivity index is 1.28. The smallest absolute Gasteiger partial charge is 0.325 e. The Morgan fingerprint density at radius 3 is 2.48 bits per heavy atom. The maximum absolute atomic E-state index is 12.9. The highest BCUT2D eigenvalue weighted by Crippen LogP contribution is 2.27. The second-order valence-electron chi connectivity index (χ2n) is 7.95. The highest BCUT2D eigenvalue weighted by atomic mass is 16.2. The lowest BCUT2D eigenvalue weighted by atomic mass is 10.0. The molecule has 0 bridgehead atoms. The van der Waals surface area contributed by atoms with E-state index < -0.39 is 23.9 Å². The van der Waals surface area contributed by atoms with Crippen LogP contribution < -0.4 is 10.6 Å². The molecular weight excluding hydrogens is 416 g/mol. The van der Waals surface area contributed by atoms with E-state index in [9.17, 15) is 14.4 Å². The lowest BCUT2D eigenvalue weighted by Crippen LogP contribution is -2.38. The molecule has 1 fully saturated rings. The zero-order valence-corrected chi connectivity index (χ0v) is 17.7. The van der Waals surface area contributed by atoms with E-state index in [0.29, 0.717) is 12.1 Å². The fraction of sp³-hybridized carbons (Fsp3) is 0.115. The number of carbonyl (C=O) groups excluding carboxylic acids is 3. The van der Waals surface area contributed by atoms with Gasteiger partial charge in [0.15, 0.2) is 0 Å². The van der Waals surface area contributed by atoms with Gasteiger partial charge in [-0.15, -0.1) is 0 Å². The molecule has 33 heavy (non-hydrogen) atoms.